The first-order valence-corrected chi connectivity index (χ1v) is 10.6. The van der Waals surface area contributed by atoms with Gasteiger partial charge in [-0.25, -0.2) is 0 Å². The molecule has 0 aromatic heterocycles. The van der Waals surface area contributed by atoms with Gasteiger partial charge in [0.05, 0.1) is 6.04 Å². The van der Waals surface area contributed by atoms with Crippen LogP contribution in [0.2, 0.25) is 0 Å². The molecule has 0 saturated carbocycles. The molecule has 0 spiro atoms. The molecule has 2 aliphatic heterocycles. The predicted molar refractivity (Wildman–Crippen MR) is 132 cm³/mol. The van der Waals surface area contributed by atoms with Crippen molar-refractivity contribution in [3.05, 3.63) is 29.8 Å². The van der Waals surface area contributed by atoms with Gasteiger partial charge >= 0.3 is 0 Å². The predicted octanol–water partition coefficient (Wildman–Crippen LogP) is 3.10. The van der Waals surface area contributed by atoms with Crippen molar-refractivity contribution in [1.29, 1.82) is 0 Å². The van der Waals surface area contributed by atoms with Crippen molar-refractivity contribution >= 4 is 29.9 Å². The van der Waals surface area contributed by atoms with Crippen molar-refractivity contribution in [1.82, 2.24) is 20.4 Å². The zero-order chi connectivity index (χ0) is 20.0. The molecule has 164 valence electrons. The average molecular weight is 515 g/mol. The number of nitrogens with zero attached hydrogens (tertiary/aromatic N) is 3. The number of nitrogens with one attached hydrogen (secondary N) is 2. The molecule has 2 heterocycles. The van der Waals surface area contributed by atoms with Crippen molar-refractivity contribution in [3.63, 3.8) is 0 Å². The van der Waals surface area contributed by atoms with Crippen molar-refractivity contribution < 1.29 is 4.74 Å². The molecule has 1 fully saturated rings. The molecule has 1 unspecified atom stereocenters. The highest BCUT2D eigenvalue weighted by Crippen LogP contribution is 2.39. The van der Waals surface area contributed by atoms with E-state index in [0.29, 0.717) is 0 Å². The van der Waals surface area contributed by atoms with Gasteiger partial charge in [0.1, 0.15) is 11.4 Å². The number of para-hydroxylation sites is 1. The number of fused-ring (bicyclic) bond motifs is 1. The lowest BCUT2D eigenvalue weighted by Gasteiger charge is -2.38. The van der Waals surface area contributed by atoms with Crippen LogP contribution >= 0.6 is 24.0 Å². The summed E-state index contributed by atoms with van der Waals surface area (Å²) in [6, 6.07) is 8.51. The van der Waals surface area contributed by atoms with Crippen LogP contribution in [0, 0.1) is 0 Å². The van der Waals surface area contributed by atoms with Gasteiger partial charge in [-0.3, -0.25) is 4.99 Å². The molecular weight excluding hydrogens is 477 g/mol. The van der Waals surface area contributed by atoms with Gasteiger partial charge in [0.2, 0.25) is 0 Å². The highest BCUT2D eigenvalue weighted by Gasteiger charge is 2.33. The Morgan fingerprint density at radius 2 is 1.90 bits per heavy atom. The van der Waals surface area contributed by atoms with E-state index in [1.807, 2.05) is 13.1 Å². The SMILES string of the molecule is CN=C(NCCCCN1CCN(C)CC1)NC1CC(C)(C)Oc2ccccc21.I. The minimum Gasteiger partial charge on any atom is -0.487 e. The van der Waals surface area contributed by atoms with E-state index in [1.54, 1.807) is 0 Å². The monoisotopic (exact) mass is 515 g/mol. The lowest BCUT2D eigenvalue weighted by molar-refractivity contribution is 0.0694. The van der Waals surface area contributed by atoms with Crippen LogP contribution in [-0.2, 0) is 0 Å². The summed E-state index contributed by atoms with van der Waals surface area (Å²) in [4.78, 5) is 9.42. The van der Waals surface area contributed by atoms with Crippen LogP contribution in [0.15, 0.2) is 29.3 Å². The smallest absolute Gasteiger partial charge is 0.191 e. The number of benzene rings is 1. The van der Waals surface area contributed by atoms with E-state index < -0.39 is 0 Å². The van der Waals surface area contributed by atoms with Gasteiger partial charge in [-0.2, -0.15) is 0 Å². The second kappa shape index (κ2) is 11.4. The van der Waals surface area contributed by atoms with E-state index in [1.165, 1.54) is 44.7 Å². The van der Waals surface area contributed by atoms with Crippen LogP contribution < -0.4 is 15.4 Å². The summed E-state index contributed by atoms with van der Waals surface area (Å²) < 4.78 is 6.13. The number of likely N-dealkylation sites (N-methyl/N-ethyl adjacent to an activating group) is 1. The summed E-state index contributed by atoms with van der Waals surface area (Å²) in [7, 11) is 4.05. The standard InChI is InChI=1S/C22H37N5O.HI/c1-22(2)17-19(18-9-5-6-10-20(18)28-22)25-21(23-3)24-11-7-8-12-27-15-13-26(4)14-16-27;/h5-6,9-10,19H,7-8,11-17H2,1-4H3,(H2,23,24,25);1H. The van der Waals surface area contributed by atoms with Crippen LogP contribution in [-0.4, -0.2) is 74.7 Å². The number of guanidine groups is 1. The molecule has 0 radical (unpaired) electrons. The Kier molecular flexibility index (Phi) is 9.49. The van der Waals surface area contributed by atoms with Crippen molar-refractivity contribution in [2.24, 2.45) is 4.99 Å². The van der Waals surface area contributed by atoms with Crippen molar-refractivity contribution in [3.8, 4) is 5.75 Å². The number of piperazine rings is 1. The molecule has 1 aromatic carbocycles. The number of rotatable bonds is 6. The minimum atomic E-state index is -0.187. The molecule has 29 heavy (non-hydrogen) atoms. The second-order valence-corrected chi connectivity index (χ2v) is 8.65. The van der Waals surface area contributed by atoms with Gasteiger partial charge in [-0.15, -0.1) is 24.0 Å². The number of ether oxygens (including phenoxy) is 1. The van der Waals surface area contributed by atoms with Gasteiger partial charge < -0.3 is 25.2 Å². The molecule has 0 aliphatic carbocycles. The Labute approximate surface area is 193 Å². The van der Waals surface area contributed by atoms with E-state index in [0.717, 1.165) is 31.1 Å². The van der Waals surface area contributed by atoms with Gasteiger partial charge in [0.25, 0.3) is 0 Å². The average Bonchev–Trinajstić information content (AvgIpc) is 2.67. The fourth-order valence-electron chi connectivity index (χ4n) is 4.03. The summed E-state index contributed by atoms with van der Waals surface area (Å²) in [5, 5.41) is 7.10. The Morgan fingerprint density at radius 3 is 2.62 bits per heavy atom. The quantitative estimate of drug-likeness (QED) is 0.264. The molecule has 1 saturated heterocycles. The Morgan fingerprint density at radius 1 is 1.17 bits per heavy atom. The van der Waals surface area contributed by atoms with E-state index in [2.05, 4.69) is 64.5 Å². The van der Waals surface area contributed by atoms with E-state index in [-0.39, 0.29) is 35.6 Å². The molecule has 0 bridgehead atoms. The van der Waals surface area contributed by atoms with E-state index >= 15 is 0 Å². The third-order valence-electron chi connectivity index (χ3n) is 5.70. The van der Waals surface area contributed by atoms with Crippen LogP contribution in [0.4, 0.5) is 0 Å². The first kappa shape index (κ1) is 24.2. The molecule has 1 atom stereocenters. The molecule has 2 N–H and O–H groups in total. The lowest BCUT2D eigenvalue weighted by Crippen LogP contribution is -2.46. The Bertz CT molecular complexity index is 658. The van der Waals surface area contributed by atoms with Crippen molar-refractivity contribution in [2.45, 2.75) is 44.8 Å². The molecule has 7 heteroatoms. The summed E-state index contributed by atoms with van der Waals surface area (Å²) >= 11 is 0. The summed E-state index contributed by atoms with van der Waals surface area (Å²) in [5.41, 5.74) is 1.02. The molecule has 3 rings (SSSR count). The highest BCUT2D eigenvalue weighted by molar-refractivity contribution is 14.0. The fourth-order valence-corrected chi connectivity index (χ4v) is 4.03. The molecule has 0 amide bonds. The number of halogens is 1. The molecular formula is C22H38IN5O. The van der Waals surface area contributed by atoms with Crippen LogP contribution in [0.3, 0.4) is 0 Å². The van der Waals surface area contributed by atoms with Crippen LogP contribution in [0.5, 0.6) is 5.75 Å². The van der Waals surface area contributed by atoms with E-state index in [4.69, 9.17) is 4.74 Å². The number of unbranched alkanes of at least 4 members (excludes halogenated alkanes) is 1. The van der Waals surface area contributed by atoms with Gasteiger partial charge in [-0.05, 0) is 46.3 Å². The third-order valence-corrected chi connectivity index (χ3v) is 5.70. The zero-order valence-electron chi connectivity index (χ0n) is 18.4. The first-order chi connectivity index (χ1) is 13.5. The van der Waals surface area contributed by atoms with Crippen LogP contribution in [0.25, 0.3) is 0 Å². The maximum Gasteiger partial charge on any atom is 0.191 e. The van der Waals surface area contributed by atoms with E-state index in [9.17, 15) is 0 Å². The lowest BCUT2D eigenvalue weighted by atomic mass is 9.90. The first-order valence-electron chi connectivity index (χ1n) is 10.6. The highest BCUT2D eigenvalue weighted by atomic mass is 127. The summed E-state index contributed by atoms with van der Waals surface area (Å²) in [5.74, 6) is 1.84. The molecule has 2 aliphatic rings. The maximum atomic E-state index is 6.13. The molecule has 6 nitrogen and oxygen atoms in total. The number of hydrogen-bond donors (Lipinski definition) is 2. The topological polar surface area (TPSA) is 52.1 Å². The second-order valence-electron chi connectivity index (χ2n) is 8.65. The summed E-state index contributed by atoms with van der Waals surface area (Å²) in [6.07, 6.45) is 3.29. The Balaban J connectivity index is 0.00000300. The normalized spacial score (nSPS) is 22.2. The Hall–Kier alpha value is -1.06. The zero-order valence-corrected chi connectivity index (χ0v) is 20.7. The van der Waals surface area contributed by atoms with Gasteiger partial charge in [0.15, 0.2) is 5.96 Å². The largest absolute Gasteiger partial charge is 0.487 e. The summed E-state index contributed by atoms with van der Waals surface area (Å²) in [6.45, 7) is 11.2. The fraction of sp³-hybridized carbons (Fsp3) is 0.682. The molecule has 1 aromatic rings. The number of hydrogen-bond acceptors (Lipinski definition) is 4. The van der Waals surface area contributed by atoms with Crippen LogP contribution in [0.1, 0.15) is 44.7 Å². The van der Waals surface area contributed by atoms with Crippen molar-refractivity contribution in [2.75, 3.05) is 53.4 Å². The third kappa shape index (κ3) is 7.29. The maximum absolute atomic E-state index is 6.13. The van der Waals surface area contributed by atoms with Gasteiger partial charge in [-0.1, -0.05) is 18.2 Å². The minimum absolute atomic E-state index is 0. The van der Waals surface area contributed by atoms with Gasteiger partial charge in [0, 0.05) is 51.8 Å². The number of aliphatic imine (C=N–C) groups is 1.